The van der Waals surface area contributed by atoms with Crippen LogP contribution >= 0.6 is 34.8 Å². The second-order valence-electron chi connectivity index (χ2n) is 4.49. The number of hydrogen-bond donors (Lipinski definition) is 1. The van der Waals surface area contributed by atoms with Gasteiger partial charge in [-0.25, -0.2) is 9.97 Å². The average molecular weight is 315 g/mol. The molecule has 0 radical (unpaired) electrons. The van der Waals surface area contributed by atoms with Gasteiger partial charge in [0.2, 0.25) is 0 Å². The number of anilines is 2. The van der Waals surface area contributed by atoms with Crippen LogP contribution in [0, 0.1) is 0 Å². The lowest BCUT2D eigenvalue weighted by Gasteiger charge is -2.08. The van der Waals surface area contributed by atoms with Gasteiger partial charge in [-0.3, -0.25) is 0 Å². The maximum absolute atomic E-state index is 6.01. The van der Waals surface area contributed by atoms with E-state index in [0.717, 1.165) is 24.4 Å². The summed E-state index contributed by atoms with van der Waals surface area (Å²) in [6.07, 6.45) is 2.26. The van der Waals surface area contributed by atoms with Crippen molar-refractivity contribution in [1.29, 1.82) is 0 Å². The number of halogens is 3. The van der Waals surface area contributed by atoms with Crippen LogP contribution < -0.4 is 5.32 Å². The van der Waals surface area contributed by atoms with Gasteiger partial charge in [0.15, 0.2) is 0 Å². The van der Waals surface area contributed by atoms with Crippen molar-refractivity contribution in [1.82, 2.24) is 9.97 Å². The number of aromatic nitrogens is 2. The fourth-order valence-corrected chi connectivity index (χ4v) is 2.51. The first-order valence-corrected chi connectivity index (χ1v) is 7.01. The molecule has 3 nitrogen and oxygen atoms in total. The van der Waals surface area contributed by atoms with E-state index < -0.39 is 0 Å². The predicted molar refractivity (Wildman–Crippen MR) is 78.8 cm³/mol. The summed E-state index contributed by atoms with van der Waals surface area (Å²) in [5.41, 5.74) is 0.772. The first kappa shape index (κ1) is 13.0. The molecule has 0 unspecified atom stereocenters. The van der Waals surface area contributed by atoms with Crippen LogP contribution in [-0.2, 0) is 0 Å². The number of hydrogen-bond acceptors (Lipinski definition) is 3. The van der Waals surface area contributed by atoms with Crippen LogP contribution in [0.5, 0.6) is 0 Å². The number of nitrogens with one attached hydrogen (secondary N) is 1. The summed E-state index contributed by atoms with van der Waals surface area (Å²) in [7, 11) is 0. The Balaban J connectivity index is 1.89. The van der Waals surface area contributed by atoms with Crippen molar-refractivity contribution in [2.24, 2.45) is 0 Å². The van der Waals surface area contributed by atoms with E-state index in [2.05, 4.69) is 15.3 Å². The minimum atomic E-state index is 0.438. The van der Waals surface area contributed by atoms with Gasteiger partial charge >= 0.3 is 0 Å². The van der Waals surface area contributed by atoms with Crippen LogP contribution in [0.1, 0.15) is 24.6 Å². The van der Waals surface area contributed by atoms with Crippen LogP contribution in [0.2, 0.25) is 15.2 Å². The largest absolute Gasteiger partial charge is 0.340 e. The summed E-state index contributed by atoms with van der Waals surface area (Å²) in [6, 6.07) is 6.92. The van der Waals surface area contributed by atoms with E-state index in [0.29, 0.717) is 26.9 Å². The maximum atomic E-state index is 6.01. The van der Waals surface area contributed by atoms with Gasteiger partial charge in [-0.2, -0.15) is 0 Å². The SMILES string of the molecule is Clc1cc(Cl)cc(Nc2cc(Cl)nc(C3CC3)n2)c1. The van der Waals surface area contributed by atoms with E-state index >= 15 is 0 Å². The second-order valence-corrected chi connectivity index (χ2v) is 5.75. The average Bonchev–Trinajstić information content (AvgIpc) is 3.09. The lowest BCUT2D eigenvalue weighted by atomic mass is 10.3. The number of nitrogens with zero attached hydrogens (tertiary/aromatic N) is 2. The zero-order valence-corrected chi connectivity index (χ0v) is 12.1. The highest BCUT2D eigenvalue weighted by Crippen LogP contribution is 2.39. The van der Waals surface area contributed by atoms with E-state index in [9.17, 15) is 0 Å². The third-order valence-corrected chi connectivity index (χ3v) is 3.42. The quantitative estimate of drug-likeness (QED) is 0.805. The van der Waals surface area contributed by atoms with Crippen LogP contribution in [-0.4, -0.2) is 9.97 Å². The minimum absolute atomic E-state index is 0.438. The number of rotatable bonds is 3. The molecule has 0 saturated heterocycles. The molecule has 1 aliphatic rings. The van der Waals surface area contributed by atoms with E-state index in [4.69, 9.17) is 34.8 Å². The van der Waals surface area contributed by atoms with Crippen LogP contribution in [0.4, 0.5) is 11.5 Å². The molecule has 1 aromatic heterocycles. The van der Waals surface area contributed by atoms with Gasteiger partial charge in [0.05, 0.1) is 0 Å². The van der Waals surface area contributed by atoms with E-state index in [-0.39, 0.29) is 0 Å². The topological polar surface area (TPSA) is 37.8 Å². The summed E-state index contributed by atoms with van der Waals surface area (Å²) in [5.74, 6) is 1.89. The van der Waals surface area contributed by atoms with Crippen molar-refractivity contribution in [3.63, 3.8) is 0 Å². The molecule has 19 heavy (non-hydrogen) atoms. The van der Waals surface area contributed by atoms with Gasteiger partial charge < -0.3 is 5.32 Å². The van der Waals surface area contributed by atoms with E-state index in [1.807, 2.05) is 0 Å². The summed E-state index contributed by atoms with van der Waals surface area (Å²) >= 11 is 17.9. The Bertz CT molecular complexity index is 606. The fraction of sp³-hybridized carbons (Fsp3) is 0.231. The molecule has 0 aliphatic heterocycles. The zero-order chi connectivity index (χ0) is 13.4. The first-order chi connectivity index (χ1) is 9.10. The zero-order valence-electron chi connectivity index (χ0n) is 9.83. The Morgan fingerprint density at radius 2 is 1.63 bits per heavy atom. The molecule has 1 heterocycles. The van der Waals surface area contributed by atoms with E-state index in [1.54, 1.807) is 24.3 Å². The Kier molecular flexibility index (Phi) is 3.52. The molecule has 1 fully saturated rings. The lowest BCUT2D eigenvalue weighted by Crippen LogP contribution is -1.99. The molecule has 3 rings (SSSR count). The molecule has 0 amide bonds. The van der Waals surface area contributed by atoms with Gasteiger partial charge in [-0.15, -0.1) is 0 Å². The fourth-order valence-electron chi connectivity index (χ4n) is 1.80. The Labute approximate surface area is 125 Å². The molecule has 1 saturated carbocycles. The van der Waals surface area contributed by atoms with Gasteiger partial charge in [0.1, 0.15) is 16.8 Å². The van der Waals surface area contributed by atoms with Crippen molar-refractivity contribution in [3.05, 3.63) is 45.3 Å². The molecule has 1 N–H and O–H groups in total. The molecular formula is C13H10Cl3N3. The molecule has 1 aliphatic carbocycles. The van der Waals surface area contributed by atoms with Crippen molar-refractivity contribution < 1.29 is 0 Å². The molecule has 2 aromatic rings. The normalized spacial score (nSPS) is 14.5. The summed E-state index contributed by atoms with van der Waals surface area (Å²) < 4.78 is 0. The van der Waals surface area contributed by atoms with Crippen LogP contribution in [0.3, 0.4) is 0 Å². The summed E-state index contributed by atoms with van der Waals surface area (Å²) in [4.78, 5) is 8.69. The monoisotopic (exact) mass is 313 g/mol. The van der Waals surface area contributed by atoms with E-state index in [1.165, 1.54) is 0 Å². The van der Waals surface area contributed by atoms with Gasteiger partial charge in [0.25, 0.3) is 0 Å². The Morgan fingerprint density at radius 1 is 0.947 bits per heavy atom. The highest BCUT2D eigenvalue weighted by Gasteiger charge is 2.27. The second kappa shape index (κ2) is 5.16. The summed E-state index contributed by atoms with van der Waals surface area (Å²) in [5, 5.41) is 4.72. The minimum Gasteiger partial charge on any atom is -0.340 e. The highest BCUT2D eigenvalue weighted by atomic mass is 35.5. The number of benzene rings is 1. The third-order valence-electron chi connectivity index (χ3n) is 2.79. The smallest absolute Gasteiger partial charge is 0.135 e. The first-order valence-electron chi connectivity index (χ1n) is 5.88. The van der Waals surface area contributed by atoms with Crippen LogP contribution in [0.25, 0.3) is 0 Å². The molecule has 6 heteroatoms. The standard InChI is InChI=1S/C13H10Cl3N3/c14-8-3-9(15)5-10(4-8)17-12-6-11(16)18-13(19-12)7-1-2-7/h3-7H,1-2H2,(H,17,18,19). The molecule has 0 spiro atoms. The molecule has 0 atom stereocenters. The van der Waals surface area contributed by atoms with Crippen molar-refractivity contribution >= 4 is 46.3 Å². The third kappa shape index (κ3) is 3.30. The van der Waals surface area contributed by atoms with Crippen molar-refractivity contribution in [2.75, 3.05) is 5.32 Å². The molecule has 1 aromatic carbocycles. The summed E-state index contributed by atoms with van der Waals surface area (Å²) in [6.45, 7) is 0. The lowest BCUT2D eigenvalue weighted by molar-refractivity contribution is 0.931. The highest BCUT2D eigenvalue weighted by molar-refractivity contribution is 6.35. The predicted octanol–water partition coefficient (Wildman–Crippen LogP) is 5.06. The van der Waals surface area contributed by atoms with Gasteiger partial charge in [0, 0.05) is 27.7 Å². The van der Waals surface area contributed by atoms with Gasteiger partial charge in [-0.1, -0.05) is 34.8 Å². The Hall–Kier alpha value is -1.03. The maximum Gasteiger partial charge on any atom is 0.135 e. The van der Waals surface area contributed by atoms with Crippen LogP contribution in [0.15, 0.2) is 24.3 Å². The van der Waals surface area contributed by atoms with Crippen molar-refractivity contribution in [2.45, 2.75) is 18.8 Å². The molecular weight excluding hydrogens is 305 g/mol. The Morgan fingerprint density at radius 3 is 2.26 bits per heavy atom. The van der Waals surface area contributed by atoms with Gasteiger partial charge in [-0.05, 0) is 31.0 Å². The molecule has 98 valence electrons. The molecule has 0 bridgehead atoms. The van der Waals surface area contributed by atoms with Crippen molar-refractivity contribution in [3.8, 4) is 0 Å².